The molecule has 0 radical (unpaired) electrons. The molecule has 0 atom stereocenters. The Morgan fingerprint density at radius 3 is 2.94 bits per heavy atom. The van der Waals surface area contributed by atoms with Crippen molar-refractivity contribution in [2.24, 2.45) is 7.05 Å². The summed E-state index contributed by atoms with van der Waals surface area (Å²) in [6.45, 7) is 4.92. The second kappa shape index (κ2) is 4.13. The lowest BCUT2D eigenvalue weighted by Crippen LogP contribution is -2.04. The van der Waals surface area contributed by atoms with Gasteiger partial charge in [-0.25, -0.2) is 4.98 Å². The van der Waals surface area contributed by atoms with Gasteiger partial charge in [0.2, 0.25) is 0 Å². The molecule has 0 aromatic carbocycles. The molecule has 0 aliphatic rings. The molecule has 6 heteroatoms. The number of rotatable bonds is 3. The van der Waals surface area contributed by atoms with Crippen LogP contribution in [0.4, 0.5) is 5.69 Å². The maximum Gasteiger partial charge on any atom is 0.194 e. The van der Waals surface area contributed by atoms with Crippen LogP contribution in [0, 0.1) is 13.8 Å². The van der Waals surface area contributed by atoms with E-state index in [4.69, 9.17) is 0 Å². The third-order valence-electron chi connectivity index (χ3n) is 2.99. The van der Waals surface area contributed by atoms with E-state index < -0.39 is 0 Å². The topological polar surface area (TPSA) is 47.1 Å². The molecule has 5 nitrogen and oxygen atoms in total. The number of nitrogens with zero attached hydrogens (tertiary/aromatic N) is 4. The van der Waals surface area contributed by atoms with Crippen LogP contribution in [0.2, 0.25) is 0 Å². The minimum atomic E-state index is 0.760. The van der Waals surface area contributed by atoms with Crippen LogP contribution in [0.25, 0.3) is 4.96 Å². The molecule has 0 amide bonds. The van der Waals surface area contributed by atoms with Crippen LogP contribution in [0.1, 0.15) is 17.1 Å². The zero-order valence-electron chi connectivity index (χ0n) is 10.6. The van der Waals surface area contributed by atoms with E-state index in [-0.39, 0.29) is 0 Å². The van der Waals surface area contributed by atoms with E-state index in [9.17, 15) is 0 Å². The van der Waals surface area contributed by atoms with Crippen LogP contribution >= 0.6 is 11.3 Å². The van der Waals surface area contributed by atoms with Crippen molar-refractivity contribution >= 4 is 22.0 Å². The normalized spacial score (nSPS) is 11.3. The number of aromatic nitrogens is 4. The molecule has 0 aliphatic heterocycles. The number of imidazole rings is 1. The fraction of sp³-hybridized carbons (Fsp3) is 0.333. The third-order valence-corrected chi connectivity index (χ3v) is 3.94. The summed E-state index contributed by atoms with van der Waals surface area (Å²) in [5.41, 5.74) is 4.56. The summed E-state index contributed by atoms with van der Waals surface area (Å²) in [5, 5.41) is 9.66. The molecule has 0 unspecified atom stereocenters. The van der Waals surface area contributed by atoms with Crippen molar-refractivity contribution in [3.8, 4) is 0 Å². The van der Waals surface area contributed by atoms with Crippen molar-refractivity contribution in [3.63, 3.8) is 0 Å². The first-order valence-electron chi connectivity index (χ1n) is 5.79. The van der Waals surface area contributed by atoms with Gasteiger partial charge >= 0.3 is 0 Å². The Balaban J connectivity index is 1.90. The number of nitrogens with one attached hydrogen (secondary N) is 1. The summed E-state index contributed by atoms with van der Waals surface area (Å²) < 4.78 is 4.00. The van der Waals surface area contributed by atoms with E-state index >= 15 is 0 Å². The lowest BCUT2D eigenvalue weighted by Gasteiger charge is -2.04. The van der Waals surface area contributed by atoms with Gasteiger partial charge in [-0.3, -0.25) is 9.08 Å². The summed E-state index contributed by atoms with van der Waals surface area (Å²) in [4.78, 5) is 5.64. The maximum absolute atomic E-state index is 4.57. The van der Waals surface area contributed by atoms with Crippen LogP contribution in [0.5, 0.6) is 0 Å². The van der Waals surface area contributed by atoms with Crippen LogP contribution in [0.3, 0.4) is 0 Å². The first-order valence-corrected chi connectivity index (χ1v) is 6.67. The lowest BCUT2D eigenvalue weighted by molar-refractivity contribution is 0.768. The Bertz CT molecular complexity index is 691. The molecule has 1 N–H and O–H groups in total. The molecule has 18 heavy (non-hydrogen) atoms. The van der Waals surface area contributed by atoms with Gasteiger partial charge in [-0.05, 0) is 13.8 Å². The largest absolute Gasteiger partial charge is 0.377 e. The molecule has 94 valence electrons. The second-order valence-corrected chi connectivity index (χ2v) is 5.23. The predicted molar refractivity (Wildman–Crippen MR) is 73.1 cm³/mol. The monoisotopic (exact) mass is 261 g/mol. The molecular formula is C12H15N5S. The molecule has 3 heterocycles. The zero-order valence-corrected chi connectivity index (χ0v) is 11.5. The molecular weight excluding hydrogens is 246 g/mol. The zero-order chi connectivity index (χ0) is 12.7. The molecule has 0 saturated carbocycles. The van der Waals surface area contributed by atoms with Crippen molar-refractivity contribution in [2.75, 3.05) is 5.32 Å². The Hall–Kier alpha value is -1.82. The van der Waals surface area contributed by atoms with E-state index in [1.807, 2.05) is 19.4 Å². The van der Waals surface area contributed by atoms with E-state index in [1.54, 1.807) is 16.0 Å². The minimum absolute atomic E-state index is 0.760. The van der Waals surface area contributed by atoms with Gasteiger partial charge in [0.05, 0.1) is 29.8 Å². The van der Waals surface area contributed by atoms with Gasteiger partial charge in [0.1, 0.15) is 0 Å². The summed E-state index contributed by atoms with van der Waals surface area (Å²) in [6.07, 6.45) is 3.79. The number of fused-ring (bicyclic) bond motifs is 1. The molecule has 0 bridgehead atoms. The van der Waals surface area contributed by atoms with E-state index in [2.05, 4.69) is 39.0 Å². The molecule has 0 saturated heterocycles. The average Bonchev–Trinajstić information content (AvgIpc) is 2.96. The second-order valence-electron chi connectivity index (χ2n) is 4.40. The van der Waals surface area contributed by atoms with Crippen molar-refractivity contribution < 1.29 is 0 Å². The summed E-state index contributed by atoms with van der Waals surface area (Å²) in [7, 11) is 1.91. The number of thiazole rings is 1. The van der Waals surface area contributed by atoms with Crippen molar-refractivity contribution in [3.05, 3.63) is 34.9 Å². The SMILES string of the molecule is Cc1nc2scc(C)n2c1CNc1cnn(C)c1. The number of hydrogen-bond donors (Lipinski definition) is 1. The first-order chi connectivity index (χ1) is 8.65. The summed E-state index contributed by atoms with van der Waals surface area (Å²) >= 11 is 1.68. The molecule has 3 rings (SSSR count). The van der Waals surface area contributed by atoms with Gasteiger partial charge in [-0.2, -0.15) is 5.10 Å². The Labute approximate surface area is 109 Å². The predicted octanol–water partition coefficient (Wildman–Crippen LogP) is 2.36. The number of hydrogen-bond acceptors (Lipinski definition) is 4. The van der Waals surface area contributed by atoms with Gasteiger partial charge in [-0.15, -0.1) is 11.3 Å². The molecule has 0 spiro atoms. The van der Waals surface area contributed by atoms with Gasteiger partial charge < -0.3 is 5.32 Å². The average molecular weight is 261 g/mol. The van der Waals surface area contributed by atoms with Crippen molar-refractivity contribution in [2.45, 2.75) is 20.4 Å². The van der Waals surface area contributed by atoms with Crippen molar-refractivity contribution in [1.82, 2.24) is 19.2 Å². The Kier molecular flexibility index (Phi) is 2.59. The molecule has 3 aromatic heterocycles. The molecule has 0 fully saturated rings. The Morgan fingerprint density at radius 1 is 1.39 bits per heavy atom. The third kappa shape index (κ3) is 1.78. The fourth-order valence-electron chi connectivity index (χ4n) is 2.07. The number of anilines is 1. The first kappa shape index (κ1) is 11.3. The number of aryl methyl sites for hydroxylation is 3. The standard InChI is InChI=1S/C12H15N5S/c1-8-7-18-12-15-9(2)11(17(8)12)5-13-10-4-14-16(3)6-10/h4,6-7,13H,5H2,1-3H3. The summed E-state index contributed by atoms with van der Waals surface area (Å²) in [6, 6.07) is 0. The van der Waals surface area contributed by atoms with Crippen LogP contribution < -0.4 is 5.32 Å². The van der Waals surface area contributed by atoms with E-state index in [1.165, 1.54) is 11.4 Å². The minimum Gasteiger partial charge on any atom is -0.377 e. The van der Waals surface area contributed by atoms with Crippen LogP contribution in [0.15, 0.2) is 17.8 Å². The maximum atomic E-state index is 4.57. The fourth-order valence-corrected chi connectivity index (χ4v) is 3.00. The van der Waals surface area contributed by atoms with Gasteiger partial charge in [0.15, 0.2) is 4.96 Å². The quantitative estimate of drug-likeness (QED) is 0.787. The summed E-state index contributed by atoms with van der Waals surface area (Å²) in [5.74, 6) is 0. The van der Waals surface area contributed by atoms with Crippen LogP contribution in [-0.4, -0.2) is 19.2 Å². The van der Waals surface area contributed by atoms with Gasteiger partial charge in [-0.1, -0.05) is 0 Å². The molecule has 0 aliphatic carbocycles. The van der Waals surface area contributed by atoms with Gasteiger partial charge in [0, 0.05) is 24.3 Å². The highest BCUT2D eigenvalue weighted by Gasteiger charge is 2.11. The van der Waals surface area contributed by atoms with Crippen molar-refractivity contribution in [1.29, 1.82) is 0 Å². The Morgan fingerprint density at radius 2 is 2.22 bits per heavy atom. The van der Waals surface area contributed by atoms with Crippen LogP contribution in [-0.2, 0) is 13.6 Å². The highest BCUT2D eigenvalue weighted by atomic mass is 32.1. The lowest BCUT2D eigenvalue weighted by atomic mass is 10.3. The highest BCUT2D eigenvalue weighted by molar-refractivity contribution is 7.15. The van der Waals surface area contributed by atoms with E-state index in [0.29, 0.717) is 0 Å². The smallest absolute Gasteiger partial charge is 0.194 e. The highest BCUT2D eigenvalue weighted by Crippen LogP contribution is 2.21. The molecule has 3 aromatic rings. The van der Waals surface area contributed by atoms with E-state index in [0.717, 1.165) is 22.9 Å². The van der Waals surface area contributed by atoms with Gasteiger partial charge in [0.25, 0.3) is 0 Å².